The van der Waals surface area contributed by atoms with Crippen LogP contribution in [0.1, 0.15) is 37.0 Å². The van der Waals surface area contributed by atoms with E-state index in [2.05, 4.69) is 19.9 Å². The van der Waals surface area contributed by atoms with Gasteiger partial charge in [-0.05, 0) is 25.5 Å². The molecule has 2 rings (SSSR count). The van der Waals surface area contributed by atoms with Crippen molar-refractivity contribution in [2.45, 2.75) is 32.3 Å². The lowest BCUT2D eigenvalue weighted by Crippen LogP contribution is -2.28. The Morgan fingerprint density at radius 1 is 1.65 bits per heavy atom. The van der Waals surface area contributed by atoms with E-state index in [1.807, 2.05) is 6.07 Å². The Bertz CT molecular complexity index is 533. The Hall–Kier alpha value is -1.60. The fourth-order valence-electron chi connectivity index (χ4n) is 2.05. The van der Waals surface area contributed by atoms with Gasteiger partial charge in [0.25, 0.3) is 0 Å². The van der Waals surface area contributed by atoms with Gasteiger partial charge in [-0.3, -0.25) is 0 Å². The predicted octanol–water partition coefficient (Wildman–Crippen LogP) is 2.30. The molecular formula is C13H14N2OS. The molecule has 88 valence electrons. The van der Waals surface area contributed by atoms with Crippen LogP contribution in [0.4, 0.5) is 0 Å². The molecule has 0 aromatic heterocycles. The number of fused-ring (bicyclic) bond motifs is 1. The normalized spacial score (nSPS) is 21.5. The molecule has 3 nitrogen and oxygen atoms in total. The fourth-order valence-corrected chi connectivity index (χ4v) is 2.17. The van der Waals surface area contributed by atoms with E-state index in [4.69, 9.17) is 28.0 Å². The maximum atomic E-state index is 9.14. The first kappa shape index (κ1) is 11.9. The summed E-state index contributed by atoms with van der Waals surface area (Å²) in [5.41, 5.74) is 7.67. The van der Waals surface area contributed by atoms with Crippen LogP contribution in [0.3, 0.4) is 0 Å². The summed E-state index contributed by atoms with van der Waals surface area (Å²) < 4.78 is 5.89. The summed E-state index contributed by atoms with van der Waals surface area (Å²) in [4.78, 5) is 0.314. The molecule has 0 aliphatic carbocycles. The van der Waals surface area contributed by atoms with Crippen molar-refractivity contribution in [2.24, 2.45) is 5.73 Å². The molecule has 17 heavy (non-hydrogen) atoms. The maximum absolute atomic E-state index is 9.14. The second-order valence-corrected chi connectivity index (χ2v) is 5.01. The molecule has 0 bridgehead atoms. The molecule has 1 aliphatic heterocycles. The van der Waals surface area contributed by atoms with Gasteiger partial charge in [-0.2, -0.15) is 5.26 Å². The van der Waals surface area contributed by atoms with E-state index in [1.165, 1.54) is 0 Å². The molecule has 0 saturated heterocycles. The summed E-state index contributed by atoms with van der Waals surface area (Å²) in [6.45, 7) is 4.13. The fraction of sp³-hybridized carbons (Fsp3) is 0.385. The van der Waals surface area contributed by atoms with Crippen LogP contribution in [-0.4, -0.2) is 10.6 Å². The van der Waals surface area contributed by atoms with Gasteiger partial charge < -0.3 is 10.5 Å². The minimum Gasteiger partial charge on any atom is -0.486 e. The Morgan fingerprint density at radius 3 is 2.88 bits per heavy atom. The maximum Gasteiger partial charge on any atom is 0.141 e. The van der Waals surface area contributed by atoms with Gasteiger partial charge in [0.05, 0.1) is 5.56 Å². The standard InChI is InChI=1S/C13H14N2OS/c1-3-13(2)6-9-4-8(12(15)17)5-10(7-14)11(9)16-13/h4-5H,3,6H2,1-2H3,(H2,15,17). The van der Waals surface area contributed by atoms with E-state index in [0.717, 1.165) is 24.0 Å². The number of rotatable bonds is 2. The first-order chi connectivity index (χ1) is 7.99. The van der Waals surface area contributed by atoms with Gasteiger partial charge in [-0.15, -0.1) is 0 Å². The van der Waals surface area contributed by atoms with Gasteiger partial charge in [-0.1, -0.05) is 19.1 Å². The molecule has 1 aliphatic rings. The second-order valence-electron chi connectivity index (χ2n) is 4.57. The highest BCUT2D eigenvalue weighted by atomic mass is 32.1. The first-order valence-corrected chi connectivity index (χ1v) is 5.96. The van der Waals surface area contributed by atoms with Crippen LogP contribution in [0.25, 0.3) is 0 Å². The topological polar surface area (TPSA) is 59.0 Å². The number of thiocarbonyl (C=S) groups is 1. The smallest absolute Gasteiger partial charge is 0.141 e. The molecule has 0 amide bonds. The zero-order valence-corrected chi connectivity index (χ0v) is 10.7. The molecule has 0 fully saturated rings. The van der Waals surface area contributed by atoms with Gasteiger partial charge in [0.1, 0.15) is 22.4 Å². The van der Waals surface area contributed by atoms with Gasteiger partial charge in [0, 0.05) is 17.5 Å². The zero-order chi connectivity index (χ0) is 12.6. The molecular weight excluding hydrogens is 232 g/mol. The molecule has 0 radical (unpaired) electrons. The van der Waals surface area contributed by atoms with Crippen molar-refractivity contribution in [2.75, 3.05) is 0 Å². The highest BCUT2D eigenvalue weighted by Crippen LogP contribution is 2.39. The number of hydrogen-bond donors (Lipinski definition) is 1. The molecule has 0 spiro atoms. The van der Waals surface area contributed by atoms with Gasteiger partial charge in [-0.25, -0.2) is 0 Å². The van der Waals surface area contributed by atoms with Crippen molar-refractivity contribution in [3.05, 3.63) is 28.8 Å². The Labute approximate surface area is 106 Å². The summed E-state index contributed by atoms with van der Waals surface area (Å²) in [7, 11) is 0. The Kier molecular flexibility index (Phi) is 2.80. The second kappa shape index (κ2) is 4.01. The SMILES string of the molecule is CCC1(C)Cc2cc(C(N)=S)cc(C#N)c2O1. The lowest BCUT2D eigenvalue weighted by Gasteiger charge is -2.21. The Balaban J connectivity index is 2.54. The lowest BCUT2D eigenvalue weighted by atomic mass is 9.95. The number of hydrogen-bond acceptors (Lipinski definition) is 3. The third-order valence-electron chi connectivity index (χ3n) is 3.23. The van der Waals surface area contributed by atoms with E-state index in [9.17, 15) is 0 Å². The molecule has 4 heteroatoms. The molecule has 1 aromatic rings. The van der Waals surface area contributed by atoms with Crippen molar-refractivity contribution in [3.8, 4) is 11.8 Å². The van der Waals surface area contributed by atoms with E-state index in [1.54, 1.807) is 6.07 Å². The average Bonchev–Trinajstić information content (AvgIpc) is 2.64. The third kappa shape index (κ3) is 1.98. The largest absolute Gasteiger partial charge is 0.486 e. The van der Waals surface area contributed by atoms with Gasteiger partial charge >= 0.3 is 0 Å². The molecule has 1 aromatic carbocycles. The highest BCUT2D eigenvalue weighted by Gasteiger charge is 2.35. The minimum atomic E-state index is -0.219. The lowest BCUT2D eigenvalue weighted by molar-refractivity contribution is 0.111. The molecule has 1 unspecified atom stereocenters. The van der Waals surface area contributed by atoms with Gasteiger partial charge in [0.2, 0.25) is 0 Å². The van der Waals surface area contributed by atoms with Crippen molar-refractivity contribution >= 4 is 17.2 Å². The highest BCUT2D eigenvalue weighted by molar-refractivity contribution is 7.80. The van der Waals surface area contributed by atoms with E-state index in [-0.39, 0.29) is 5.60 Å². The number of benzene rings is 1. The third-order valence-corrected chi connectivity index (χ3v) is 3.47. The summed E-state index contributed by atoms with van der Waals surface area (Å²) in [6.07, 6.45) is 1.69. The summed E-state index contributed by atoms with van der Waals surface area (Å²) in [5, 5.41) is 9.14. The number of nitrogens with zero attached hydrogens (tertiary/aromatic N) is 1. The van der Waals surface area contributed by atoms with E-state index in [0.29, 0.717) is 16.3 Å². The predicted molar refractivity (Wildman–Crippen MR) is 70.1 cm³/mol. The van der Waals surface area contributed by atoms with Crippen LogP contribution in [-0.2, 0) is 6.42 Å². The average molecular weight is 246 g/mol. The molecule has 1 atom stereocenters. The van der Waals surface area contributed by atoms with E-state index >= 15 is 0 Å². The number of ether oxygens (including phenoxy) is 1. The van der Waals surface area contributed by atoms with Crippen LogP contribution in [0, 0.1) is 11.3 Å². The van der Waals surface area contributed by atoms with Crippen molar-refractivity contribution in [3.63, 3.8) is 0 Å². The summed E-state index contributed by atoms with van der Waals surface area (Å²) >= 11 is 4.95. The van der Waals surface area contributed by atoms with Crippen molar-refractivity contribution in [1.82, 2.24) is 0 Å². The monoisotopic (exact) mass is 246 g/mol. The molecule has 1 heterocycles. The molecule has 0 saturated carbocycles. The number of nitriles is 1. The summed E-state index contributed by atoms with van der Waals surface area (Å²) in [6, 6.07) is 5.77. The van der Waals surface area contributed by atoms with Gasteiger partial charge in [0.15, 0.2) is 0 Å². The first-order valence-electron chi connectivity index (χ1n) is 5.55. The van der Waals surface area contributed by atoms with Crippen LogP contribution in [0.2, 0.25) is 0 Å². The van der Waals surface area contributed by atoms with Crippen molar-refractivity contribution in [1.29, 1.82) is 5.26 Å². The van der Waals surface area contributed by atoms with Crippen LogP contribution in [0.15, 0.2) is 12.1 Å². The quantitative estimate of drug-likeness (QED) is 0.813. The Morgan fingerprint density at radius 2 is 2.35 bits per heavy atom. The van der Waals surface area contributed by atoms with Crippen LogP contribution >= 0.6 is 12.2 Å². The van der Waals surface area contributed by atoms with Crippen LogP contribution < -0.4 is 10.5 Å². The van der Waals surface area contributed by atoms with Crippen molar-refractivity contribution < 1.29 is 4.74 Å². The minimum absolute atomic E-state index is 0.219. The molecule has 2 N–H and O–H groups in total. The number of nitrogens with two attached hydrogens (primary N) is 1. The zero-order valence-electron chi connectivity index (χ0n) is 9.91. The summed E-state index contributed by atoms with van der Waals surface area (Å²) in [5.74, 6) is 0.692. The van der Waals surface area contributed by atoms with Crippen LogP contribution in [0.5, 0.6) is 5.75 Å². The van der Waals surface area contributed by atoms with E-state index < -0.39 is 0 Å².